The molecule has 3 N–H and O–H groups in total. The number of carbonyl (C=O) groups is 1. The molecule has 6 heteroatoms. The maximum absolute atomic E-state index is 13.0. The summed E-state index contributed by atoms with van der Waals surface area (Å²) < 4.78 is 6.65. The van der Waals surface area contributed by atoms with Crippen LogP contribution in [0.15, 0.2) is 30.3 Å². The summed E-state index contributed by atoms with van der Waals surface area (Å²) in [6.45, 7) is 7.86. The van der Waals surface area contributed by atoms with E-state index in [1.165, 1.54) is 38.5 Å². The smallest absolute Gasteiger partial charge is 0.249 e. The quantitative estimate of drug-likeness (QED) is 0.453. The van der Waals surface area contributed by atoms with E-state index in [1.54, 1.807) is 0 Å². The van der Waals surface area contributed by atoms with Crippen LogP contribution in [0.1, 0.15) is 90.5 Å². The van der Waals surface area contributed by atoms with Crippen LogP contribution in [0.25, 0.3) is 0 Å². The first kappa shape index (κ1) is 29.4. The van der Waals surface area contributed by atoms with E-state index in [-0.39, 0.29) is 43.1 Å². The van der Waals surface area contributed by atoms with Gasteiger partial charge in [0, 0.05) is 13.7 Å². The van der Waals surface area contributed by atoms with E-state index in [2.05, 4.69) is 38.2 Å². The molecule has 5 nitrogen and oxygen atoms in total. The van der Waals surface area contributed by atoms with Crippen molar-refractivity contribution in [2.45, 2.75) is 110 Å². The number of carbonyl (C=O) groups excluding carboxylic acids is 1. The van der Waals surface area contributed by atoms with Gasteiger partial charge in [-0.2, -0.15) is 13.5 Å². The highest BCUT2D eigenvalue weighted by atomic mass is 32.1. The lowest BCUT2D eigenvalue weighted by atomic mass is 9.46. The van der Waals surface area contributed by atoms with Gasteiger partial charge in [-0.15, -0.1) is 0 Å². The van der Waals surface area contributed by atoms with E-state index in [0.717, 1.165) is 50.2 Å². The summed E-state index contributed by atoms with van der Waals surface area (Å²) in [5.41, 5.74) is 2.58. The van der Waals surface area contributed by atoms with Crippen LogP contribution < -0.4 is 5.32 Å². The van der Waals surface area contributed by atoms with Crippen molar-refractivity contribution in [3.8, 4) is 0 Å². The van der Waals surface area contributed by atoms with Crippen molar-refractivity contribution < 1.29 is 19.7 Å². The lowest BCUT2D eigenvalue weighted by Gasteiger charge is -2.59. The van der Waals surface area contributed by atoms with Gasteiger partial charge in [0.2, 0.25) is 5.91 Å². The number of hydrogen-bond acceptors (Lipinski definition) is 4. The largest absolute Gasteiger partial charge is 0.400 e. The number of benzene rings is 1. The van der Waals surface area contributed by atoms with Gasteiger partial charge in [0.15, 0.2) is 0 Å². The average Bonchev–Trinajstić information content (AvgIpc) is 3.51. The molecule has 39 heavy (non-hydrogen) atoms. The summed E-state index contributed by atoms with van der Waals surface area (Å²) in [5, 5.41) is 21.0. The van der Waals surface area contributed by atoms with Gasteiger partial charge in [-0.05, 0) is 115 Å². The summed E-state index contributed by atoms with van der Waals surface area (Å²) >= 11 is 0. The van der Waals surface area contributed by atoms with E-state index in [4.69, 9.17) is 9.84 Å². The predicted octanol–water partition coefficient (Wildman–Crippen LogP) is 5.59. The van der Waals surface area contributed by atoms with Crippen molar-refractivity contribution in [1.82, 2.24) is 5.32 Å². The highest BCUT2D eigenvalue weighted by Crippen LogP contribution is 2.87. The lowest BCUT2D eigenvalue weighted by molar-refractivity contribution is -0.149. The number of aliphatic hydroxyl groups excluding tert-OH is 2. The Kier molecular flexibility index (Phi) is 7.79. The molecule has 5 aliphatic carbocycles. The molecular weight excluding hydrogens is 506 g/mol. The van der Waals surface area contributed by atoms with Crippen molar-refractivity contribution in [1.29, 1.82) is 0 Å². The van der Waals surface area contributed by atoms with E-state index >= 15 is 0 Å². The molecule has 0 bridgehead atoms. The first-order valence-electron chi connectivity index (χ1n) is 15.3. The van der Waals surface area contributed by atoms with Crippen LogP contribution in [0.4, 0.5) is 0 Å². The summed E-state index contributed by atoms with van der Waals surface area (Å²) in [6.07, 6.45) is 12.0. The SMILES string of the molecule is CC12CC[C@@]34CC35CC[C@H](O)C(C)(C)C5CCC4C1CC1OC(C(=O)NCc3ccccc3)CCC12.CO.S. The minimum absolute atomic E-state index is 0. The normalized spacial score (nSPS) is 46.4. The Morgan fingerprint density at radius 3 is 2.38 bits per heavy atom. The van der Waals surface area contributed by atoms with E-state index < -0.39 is 0 Å². The lowest BCUT2D eigenvalue weighted by Crippen LogP contribution is -2.54. The molecule has 2 spiro atoms. The fourth-order valence-electron chi connectivity index (χ4n) is 11.3. The molecule has 1 heterocycles. The van der Waals surface area contributed by atoms with Gasteiger partial charge in [0.1, 0.15) is 6.10 Å². The Hall–Kier alpha value is -1.08. The van der Waals surface area contributed by atoms with Gasteiger partial charge < -0.3 is 20.3 Å². The molecule has 1 aromatic rings. The molecule has 1 aromatic carbocycles. The van der Waals surface area contributed by atoms with Crippen molar-refractivity contribution >= 4 is 19.4 Å². The number of fused-ring (bicyclic) bond motifs is 4. The highest BCUT2D eigenvalue weighted by Gasteiger charge is 2.80. The summed E-state index contributed by atoms with van der Waals surface area (Å²) in [6, 6.07) is 10.2. The van der Waals surface area contributed by atoms with Crippen LogP contribution in [-0.2, 0) is 16.1 Å². The Morgan fingerprint density at radius 2 is 1.64 bits per heavy atom. The number of ether oxygens (including phenoxy) is 1. The van der Waals surface area contributed by atoms with E-state index in [0.29, 0.717) is 34.6 Å². The zero-order valence-electron chi connectivity index (χ0n) is 24.4. The zero-order valence-corrected chi connectivity index (χ0v) is 25.4. The van der Waals surface area contributed by atoms with Crippen molar-refractivity contribution in [2.24, 2.45) is 45.3 Å². The minimum Gasteiger partial charge on any atom is -0.400 e. The molecule has 0 aromatic heterocycles. The third-order valence-electron chi connectivity index (χ3n) is 13.2. The van der Waals surface area contributed by atoms with Gasteiger partial charge in [-0.25, -0.2) is 0 Å². The second-order valence-corrected chi connectivity index (χ2v) is 14.5. The summed E-state index contributed by atoms with van der Waals surface area (Å²) in [5.74, 6) is 2.92. The van der Waals surface area contributed by atoms with Gasteiger partial charge in [0.05, 0.1) is 12.2 Å². The Morgan fingerprint density at radius 1 is 0.923 bits per heavy atom. The molecule has 6 aliphatic rings. The maximum atomic E-state index is 13.0. The third-order valence-corrected chi connectivity index (χ3v) is 13.2. The molecule has 1 saturated heterocycles. The number of rotatable bonds is 3. The Bertz CT molecular complexity index is 1050. The van der Waals surface area contributed by atoms with Crippen LogP contribution in [0, 0.1) is 45.3 Å². The van der Waals surface area contributed by atoms with Gasteiger partial charge in [-0.1, -0.05) is 51.1 Å². The van der Waals surface area contributed by atoms with Crippen LogP contribution in [0.5, 0.6) is 0 Å². The average molecular weight is 558 g/mol. The third kappa shape index (κ3) is 4.17. The Labute approximate surface area is 242 Å². The first-order valence-corrected chi connectivity index (χ1v) is 15.3. The molecule has 7 rings (SSSR count). The number of amides is 1. The van der Waals surface area contributed by atoms with E-state index in [1.807, 2.05) is 18.2 Å². The second-order valence-electron chi connectivity index (χ2n) is 14.5. The number of nitrogens with one attached hydrogen (secondary N) is 1. The molecule has 8 unspecified atom stereocenters. The van der Waals surface area contributed by atoms with Crippen LogP contribution >= 0.6 is 13.5 Å². The zero-order chi connectivity index (χ0) is 26.9. The molecule has 1 amide bonds. The van der Waals surface area contributed by atoms with Gasteiger partial charge in [-0.3, -0.25) is 4.79 Å². The molecule has 10 atom stereocenters. The second kappa shape index (κ2) is 10.3. The summed E-state index contributed by atoms with van der Waals surface area (Å²) in [7, 11) is 1.00. The van der Waals surface area contributed by atoms with Crippen molar-refractivity contribution in [3.63, 3.8) is 0 Å². The standard InChI is InChI=1S/C32H45NO3.CH4O.H2S/c1-29(2)26-12-10-21-23-17-25-22(9-11-24(36-25)28(35)33-18-20-7-5-4-6-8-20)30(23,3)15-16-31(21)19-32(26,31)14-13-27(29)34;1-2;/h4-8,21-27,34H,9-19H2,1-3H3,(H,33,35);2H,1H3;1H2/t21?,22?,23?,24?,25?,26?,27-,30?,31-,32?;;/m0../s1. The predicted molar refractivity (Wildman–Crippen MR) is 158 cm³/mol. The molecule has 5 saturated carbocycles. The summed E-state index contributed by atoms with van der Waals surface area (Å²) in [4.78, 5) is 13.0. The minimum atomic E-state index is -0.295. The van der Waals surface area contributed by atoms with Gasteiger partial charge >= 0.3 is 0 Å². The molecule has 218 valence electrons. The maximum Gasteiger partial charge on any atom is 0.249 e. The molecule has 6 fully saturated rings. The van der Waals surface area contributed by atoms with E-state index in [9.17, 15) is 9.90 Å². The van der Waals surface area contributed by atoms with Gasteiger partial charge in [0.25, 0.3) is 0 Å². The monoisotopic (exact) mass is 557 g/mol. The molecule has 0 radical (unpaired) electrons. The molecular formula is C33H51NO4S. The topological polar surface area (TPSA) is 78.8 Å². The fourth-order valence-corrected chi connectivity index (χ4v) is 11.3. The Balaban J connectivity index is 0.00000101. The first-order chi connectivity index (χ1) is 18.2. The number of aliphatic hydroxyl groups is 2. The highest BCUT2D eigenvalue weighted by molar-refractivity contribution is 7.59. The van der Waals surface area contributed by atoms with Crippen molar-refractivity contribution in [3.05, 3.63) is 35.9 Å². The fraction of sp³-hybridized carbons (Fsp3) is 0.788. The molecule has 1 aliphatic heterocycles. The van der Waals surface area contributed by atoms with Crippen LogP contribution in [0.2, 0.25) is 0 Å². The van der Waals surface area contributed by atoms with Crippen LogP contribution in [-0.4, -0.2) is 41.5 Å². The van der Waals surface area contributed by atoms with Crippen molar-refractivity contribution in [2.75, 3.05) is 7.11 Å². The number of hydrogen-bond donors (Lipinski definition) is 3. The van der Waals surface area contributed by atoms with Crippen LogP contribution in [0.3, 0.4) is 0 Å².